The van der Waals surface area contributed by atoms with E-state index in [1.807, 2.05) is 0 Å². The molecule has 1 aliphatic rings. The molecule has 2 unspecified atom stereocenters. The van der Waals surface area contributed by atoms with Crippen molar-refractivity contribution in [3.63, 3.8) is 0 Å². The summed E-state index contributed by atoms with van der Waals surface area (Å²) in [4.78, 5) is 4.04. The lowest BCUT2D eigenvalue weighted by atomic mass is 9.97. The number of hydrogen-bond donors (Lipinski definition) is 2. The number of halogens is 4. The van der Waals surface area contributed by atoms with E-state index in [0.29, 0.717) is 17.6 Å². The Morgan fingerprint density at radius 2 is 2.09 bits per heavy atom. The molecular weight excluding hydrogens is 347 g/mol. The van der Waals surface area contributed by atoms with Crippen molar-refractivity contribution in [1.29, 1.82) is 0 Å². The lowest BCUT2D eigenvalue weighted by molar-refractivity contribution is 0.0909. The lowest BCUT2D eigenvalue weighted by Gasteiger charge is -2.29. The van der Waals surface area contributed by atoms with Gasteiger partial charge in [0.25, 0.3) is 0 Å². The number of aliphatic hydroxyl groups is 1. The molecule has 2 aromatic rings. The van der Waals surface area contributed by atoms with E-state index in [1.54, 1.807) is 4.57 Å². The van der Waals surface area contributed by atoms with E-state index in [-0.39, 0.29) is 37.0 Å². The Hall–Kier alpha value is -0.950. The van der Waals surface area contributed by atoms with Crippen molar-refractivity contribution >= 4 is 35.8 Å². The van der Waals surface area contributed by atoms with Gasteiger partial charge in [-0.25, -0.2) is 13.8 Å². The van der Waals surface area contributed by atoms with E-state index in [2.05, 4.69) is 10.3 Å². The number of aromatic nitrogens is 2. The summed E-state index contributed by atoms with van der Waals surface area (Å²) in [6.07, 6.45) is 4.70. The molecule has 1 fully saturated rings. The lowest BCUT2D eigenvalue weighted by Crippen LogP contribution is -2.44. The van der Waals surface area contributed by atoms with Crippen LogP contribution in [0.5, 0.6) is 0 Å². The SMILES string of the molecule is Cl.Cl.OC1CCCNC1CCCn1cnc2cc(F)cc(F)c21. The van der Waals surface area contributed by atoms with Gasteiger partial charge >= 0.3 is 0 Å². The van der Waals surface area contributed by atoms with Crippen molar-refractivity contribution in [2.24, 2.45) is 0 Å². The number of benzene rings is 1. The van der Waals surface area contributed by atoms with Gasteiger partial charge in [0.2, 0.25) is 0 Å². The number of aryl methyl sites for hydroxylation is 1. The third-order valence-corrected chi connectivity index (χ3v) is 4.09. The number of aliphatic hydroxyl groups excluding tert-OH is 1. The summed E-state index contributed by atoms with van der Waals surface area (Å²) >= 11 is 0. The van der Waals surface area contributed by atoms with Crippen LogP contribution in [0.4, 0.5) is 8.78 Å². The first kappa shape index (κ1) is 20.1. The molecule has 2 atom stereocenters. The number of nitrogens with one attached hydrogen (secondary N) is 1. The molecule has 0 amide bonds. The van der Waals surface area contributed by atoms with E-state index in [0.717, 1.165) is 38.3 Å². The Labute approximate surface area is 146 Å². The zero-order chi connectivity index (χ0) is 14.8. The highest BCUT2D eigenvalue weighted by Gasteiger charge is 2.21. The average Bonchev–Trinajstić information content (AvgIpc) is 2.84. The van der Waals surface area contributed by atoms with Crippen LogP contribution in [0.25, 0.3) is 11.0 Å². The minimum atomic E-state index is -0.611. The Balaban J connectivity index is 0.00000132. The summed E-state index contributed by atoms with van der Waals surface area (Å²) in [6.45, 7) is 1.54. The van der Waals surface area contributed by atoms with Gasteiger partial charge in [0.15, 0.2) is 5.82 Å². The first-order chi connectivity index (χ1) is 10.1. The molecule has 130 valence electrons. The predicted octanol–water partition coefficient (Wildman–Crippen LogP) is 3.05. The topological polar surface area (TPSA) is 50.1 Å². The van der Waals surface area contributed by atoms with Crippen LogP contribution in [0.3, 0.4) is 0 Å². The third-order valence-electron chi connectivity index (χ3n) is 4.09. The van der Waals surface area contributed by atoms with Gasteiger partial charge in [0.1, 0.15) is 11.3 Å². The molecule has 0 radical (unpaired) electrons. The molecule has 1 aromatic carbocycles. The molecule has 0 aliphatic carbocycles. The second-order valence-electron chi connectivity index (χ2n) is 5.61. The summed E-state index contributed by atoms with van der Waals surface area (Å²) in [5.41, 5.74) is 0.678. The zero-order valence-corrected chi connectivity index (χ0v) is 14.2. The molecule has 0 saturated carbocycles. The van der Waals surface area contributed by atoms with Crippen LogP contribution < -0.4 is 5.32 Å². The quantitative estimate of drug-likeness (QED) is 0.872. The molecule has 23 heavy (non-hydrogen) atoms. The average molecular weight is 368 g/mol. The monoisotopic (exact) mass is 367 g/mol. The van der Waals surface area contributed by atoms with Crippen LogP contribution in [0, 0.1) is 11.6 Å². The normalized spacial score (nSPS) is 20.8. The largest absolute Gasteiger partial charge is 0.392 e. The molecule has 4 nitrogen and oxygen atoms in total. The number of imidazole rings is 1. The molecule has 1 aliphatic heterocycles. The maximum atomic E-state index is 13.8. The van der Waals surface area contributed by atoms with Gasteiger partial charge in [-0.1, -0.05) is 0 Å². The van der Waals surface area contributed by atoms with Crippen LogP contribution in [0.1, 0.15) is 25.7 Å². The Kier molecular flexibility index (Phi) is 7.67. The Morgan fingerprint density at radius 3 is 2.83 bits per heavy atom. The second-order valence-corrected chi connectivity index (χ2v) is 5.61. The maximum absolute atomic E-state index is 13.8. The Morgan fingerprint density at radius 1 is 1.30 bits per heavy atom. The fraction of sp³-hybridized carbons (Fsp3) is 0.533. The van der Waals surface area contributed by atoms with Gasteiger partial charge in [0.05, 0.1) is 17.9 Å². The summed E-state index contributed by atoms with van der Waals surface area (Å²) in [7, 11) is 0. The summed E-state index contributed by atoms with van der Waals surface area (Å²) in [5.74, 6) is -1.20. The fourth-order valence-corrected chi connectivity index (χ4v) is 3.01. The van der Waals surface area contributed by atoms with Crippen molar-refractivity contribution in [2.45, 2.75) is 44.4 Å². The maximum Gasteiger partial charge on any atom is 0.152 e. The van der Waals surface area contributed by atoms with Crippen molar-refractivity contribution in [3.05, 3.63) is 30.1 Å². The van der Waals surface area contributed by atoms with Gasteiger partial charge in [-0.3, -0.25) is 0 Å². The molecule has 0 spiro atoms. The third kappa shape index (κ3) is 4.53. The number of hydrogen-bond acceptors (Lipinski definition) is 3. The molecule has 2 heterocycles. The summed E-state index contributed by atoms with van der Waals surface area (Å²) in [6, 6.07) is 2.23. The van der Waals surface area contributed by atoms with Crippen LogP contribution in [0.2, 0.25) is 0 Å². The number of rotatable bonds is 4. The minimum Gasteiger partial charge on any atom is -0.392 e. The predicted molar refractivity (Wildman–Crippen MR) is 90.4 cm³/mol. The van der Waals surface area contributed by atoms with E-state index in [4.69, 9.17) is 0 Å². The minimum absolute atomic E-state index is 0. The molecule has 2 N–H and O–H groups in total. The van der Waals surface area contributed by atoms with E-state index < -0.39 is 11.6 Å². The van der Waals surface area contributed by atoms with Gasteiger partial charge < -0.3 is 15.0 Å². The van der Waals surface area contributed by atoms with Crippen LogP contribution >= 0.6 is 24.8 Å². The fourth-order valence-electron chi connectivity index (χ4n) is 3.01. The van der Waals surface area contributed by atoms with Crippen molar-refractivity contribution in [3.8, 4) is 0 Å². The smallest absolute Gasteiger partial charge is 0.152 e. The zero-order valence-electron chi connectivity index (χ0n) is 12.5. The number of fused-ring (bicyclic) bond motifs is 1. The van der Waals surface area contributed by atoms with E-state index >= 15 is 0 Å². The molecule has 1 saturated heterocycles. The van der Waals surface area contributed by atoms with Gasteiger partial charge in [-0.15, -0.1) is 24.8 Å². The standard InChI is InChI=1S/C15H19F2N3O.2ClH/c16-10-7-11(17)15-13(8-10)19-9-20(15)6-2-3-12-14(21)4-1-5-18-12;;/h7-9,12,14,18,21H,1-6H2;2*1H. The highest BCUT2D eigenvalue weighted by molar-refractivity contribution is 5.85. The molecule has 0 bridgehead atoms. The van der Waals surface area contributed by atoms with E-state index in [1.165, 1.54) is 12.4 Å². The highest BCUT2D eigenvalue weighted by Crippen LogP contribution is 2.20. The highest BCUT2D eigenvalue weighted by atomic mass is 35.5. The van der Waals surface area contributed by atoms with Gasteiger partial charge in [-0.05, 0) is 32.2 Å². The Bertz CT molecular complexity index is 638. The van der Waals surface area contributed by atoms with Gasteiger partial charge in [-0.2, -0.15) is 0 Å². The van der Waals surface area contributed by atoms with Crippen LogP contribution in [-0.2, 0) is 6.54 Å². The van der Waals surface area contributed by atoms with Crippen molar-refractivity contribution < 1.29 is 13.9 Å². The summed E-state index contributed by atoms with van der Waals surface area (Å²) in [5, 5.41) is 13.2. The molecule has 3 rings (SSSR count). The summed E-state index contributed by atoms with van der Waals surface area (Å²) < 4.78 is 28.7. The van der Waals surface area contributed by atoms with Gasteiger partial charge in [0, 0.05) is 24.7 Å². The number of piperidine rings is 1. The molecular formula is C15H21Cl2F2N3O. The van der Waals surface area contributed by atoms with Crippen molar-refractivity contribution in [2.75, 3.05) is 6.54 Å². The van der Waals surface area contributed by atoms with E-state index in [9.17, 15) is 13.9 Å². The van der Waals surface area contributed by atoms with Crippen LogP contribution in [0.15, 0.2) is 18.5 Å². The first-order valence-electron chi connectivity index (χ1n) is 7.36. The number of nitrogens with zero attached hydrogens (tertiary/aromatic N) is 2. The molecule has 8 heteroatoms. The first-order valence-corrected chi connectivity index (χ1v) is 7.36. The second kappa shape index (κ2) is 8.78. The van der Waals surface area contributed by atoms with Crippen molar-refractivity contribution in [1.82, 2.24) is 14.9 Å². The molecule has 1 aromatic heterocycles. The van der Waals surface area contributed by atoms with Crippen LogP contribution in [-0.4, -0.2) is 33.3 Å².